The van der Waals surface area contributed by atoms with Crippen LogP contribution in [0.3, 0.4) is 0 Å². The quantitative estimate of drug-likeness (QED) is 0.776. The van der Waals surface area contributed by atoms with Crippen LogP contribution in [0.4, 0.5) is 0 Å². The second kappa shape index (κ2) is 5.08. The Labute approximate surface area is 111 Å². The first-order valence-corrected chi connectivity index (χ1v) is 7.73. The van der Waals surface area contributed by atoms with Gasteiger partial charge in [-0.05, 0) is 18.6 Å². The molecule has 1 fully saturated rings. The number of carbonyl (C=O) groups excluding carboxylic acids is 1. The Hall–Kier alpha value is -1.76. The van der Waals surface area contributed by atoms with E-state index < -0.39 is 15.7 Å². The van der Waals surface area contributed by atoms with Crippen molar-refractivity contribution in [1.29, 1.82) is 0 Å². The number of aromatic hydroxyl groups is 2. The van der Waals surface area contributed by atoms with E-state index in [0.717, 1.165) is 6.07 Å². The molecule has 0 aromatic heterocycles. The monoisotopic (exact) mass is 285 g/mol. The van der Waals surface area contributed by atoms with Crippen LogP contribution in [0.2, 0.25) is 0 Å². The van der Waals surface area contributed by atoms with Crippen molar-refractivity contribution in [2.75, 3.05) is 24.6 Å². The van der Waals surface area contributed by atoms with Crippen LogP contribution in [0.5, 0.6) is 11.5 Å². The van der Waals surface area contributed by atoms with Crippen molar-refractivity contribution >= 4 is 15.7 Å². The number of sulfone groups is 1. The van der Waals surface area contributed by atoms with Crippen molar-refractivity contribution in [2.45, 2.75) is 6.42 Å². The van der Waals surface area contributed by atoms with Crippen LogP contribution in [-0.2, 0) is 9.84 Å². The molecule has 19 heavy (non-hydrogen) atoms. The van der Waals surface area contributed by atoms with E-state index in [9.17, 15) is 23.4 Å². The van der Waals surface area contributed by atoms with Gasteiger partial charge in [0, 0.05) is 19.2 Å². The average Bonchev–Trinajstić information content (AvgIpc) is 2.49. The third-order valence-corrected chi connectivity index (χ3v) is 4.77. The second-order valence-electron chi connectivity index (χ2n) is 4.50. The summed E-state index contributed by atoms with van der Waals surface area (Å²) in [6, 6.07) is 3.72. The van der Waals surface area contributed by atoms with Crippen LogP contribution in [-0.4, -0.2) is 54.0 Å². The Morgan fingerprint density at radius 3 is 2.58 bits per heavy atom. The number of hydrogen-bond acceptors (Lipinski definition) is 5. The Balaban J connectivity index is 2.20. The lowest BCUT2D eigenvalue weighted by Crippen LogP contribution is -2.33. The lowest BCUT2D eigenvalue weighted by atomic mass is 10.1. The Morgan fingerprint density at radius 1 is 1.16 bits per heavy atom. The standard InChI is InChI=1S/C12H15NO5S/c14-9-2-3-10(11(15)8-9)12(16)13-4-1-6-19(17,18)7-5-13/h2-3,8,14-15H,1,4-7H2. The van der Waals surface area contributed by atoms with Crippen molar-refractivity contribution in [3.05, 3.63) is 23.8 Å². The maximum atomic E-state index is 12.2. The van der Waals surface area contributed by atoms with Gasteiger partial charge in [-0.15, -0.1) is 0 Å². The minimum atomic E-state index is -3.08. The molecule has 0 spiro atoms. The molecule has 0 atom stereocenters. The van der Waals surface area contributed by atoms with Crippen molar-refractivity contribution in [3.8, 4) is 11.5 Å². The van der Waals surface area contributed by atoms with Crippen molar-refractivity contribution in [1.82, 2.24) is 4.90 Å². The number of amides is 1. The highest BCUT2D eigenvalue weighted by Crippen LogP contribution is 2.24. The molecule has 1 aromatic carbocycles. The van der Waals surface area contributed by atoms with E-state index in [1.165, 1.54) is 17.0 Å². The minimum Gasteiger partial charge on any atom is -0.508 e. The third kappa shape index (κ3) is 3.17. The highest BCUT2D eigenvalue weighted by Gasteiger charge is 2.24. The molecule has 0 bridgehead atoms. The summed E-state index contributed by atoms with van der Waals surface area (Å²) in [5.74, 6) is -0.838. The van der Waals surface area contributed by atoms with Crippen molar-refractivity contribution < 1.29 is 23.4 Å². The topological polar surface area (TPSA) is 94.9 Å². The molecule has 1 aliphatic heterocycles. The molecule has 2 N–H and O–H groups in total. The molecule has 1 aliphatic rings. The number of phenols is 2. The summed E-state index contributed by atoms with van der Waals surface area (Å²) in [6.45, 7) is 0.472. The zero-order chi connectivity index (χ0) is 14.0. The number of phenolic OH excluding ortho intramolecular Hbond substituents is 2. The van der Waals surface area contributed by atoms with Crippen LogP contribution in [0.15, 0.2) is 18.2 Å². The first-order chi connectivity index (χ1) is 8.89. The molecule has 1 heterocycles. The summed E-state index contributed by atoms with van der Waals surface area (Å²) in [7, 11) is -3.08. The lowest BCUT2D eigenvalue weighted by molar-refractivity contribution is 0.0765. The van der Waals surface area contributed by atoms with Crippen molar-refractivity contribution in [3.63, 3.8) is 0 Å². The van der Waals surface area contributed by atoms with Gasteiger partial charge in [-0.2, -0.15) is 0 Å². The summed E-state index contributed by atoms with van der Waals surface area (Å²) in [6.07, 6.45) is 0.396. The lowest BCUT2D eigenvalue weighted by Gasteiger charge is -2.20. The molecular formula is C12H15NO5S. The fraction of sp³-hybridized carbons (Fsp3) is 0.417. The summed E-state index contributed by atoms with van der Waals surface area (Å²) >= 11 is 0. The molecule has 1 amide bonds. The smallest absolute Gasteiger partial charge is 0.257 e. The van der Waals surface area contributed by atoms with Gasteiger partial charge in [0.2, 0.25) is 0 Å². The van der Waals surface area contributed by atoms with E-state index in [0.29, 0.717) is 13.0 Å². The van der Waals surface area contributed by atoms with Gasteiger partial charge in [-0.1, -0.05) is 0 Å². The number of hydrogen-bond donors (Lipinski definition) is 2. The van der Waals surface area contributed by atoms with E-state index >= 15 is 0 Å². The van der Waals surface area contributed by atoms with Crippen LogP contribution in [0, 0.1) is 0 Å². The Bertz CT molecular complexity index is 596. The maximum Gasteiger partial charge on any atom is 0.257 e. The van der Waals surface area contributed by atoms with Gasteiger partial charge >= 0.3 is 0 Å². The van der Waals surface area contributed by atoms with Crippen molar-refractivity contribution in [2.24, 2.45) is 0 Å². The maximum absolute atomic E-state index is 12.2. The number of rotatable bonds is 1. The van der Waals surface area contributed by atoms with Crippen LogP contribution in [0.25, 0.3) is 0 Å². The van der Waals surface area contributed by atoms with Gasteiger partial charge in [0.1, 0.15) is 11.5 Å². The first kappa shape index (κ1) is 13.7. The second-order valence-corrected chi connectivity index (χ2v) is 6.80. The van der Waals surface area contributed by atoms with E-state index in [2.05, 4.69) is 0 Å². The summed E-state index contributed by atoms with van der Waals surface area (Å²) in [5.41, 5.74) is 0.0668. The van der Waals surface area contributed by atoms with Gasteiger partial charge < -0.3 is 15.1 Å². The molecule has 1 aromatic rings. The minimum absolute atomic E-state index is 0.0580. The molecule has 1 saturated heterocycles. The molecule has 0 unspecified atom stereocenters. The Morgan fingerprint density at radius 2 is 1.89 bits per heavy atom. The fourth-order valence-electron chi connectivity index (χ4n) is 2.01. The zero-order valence-corrected chi connectivity index (χ0v) is 11.1. The van der Waals surface area contributed by atoms with Gasteiger partial charge in [-0.25, -0.2) is 8.42 Å². The number of nitrogens with zero attached hydrogens (tertiary/aromatic N) is 1. The molecule has 6 nitrogen and oxygen atoms in total. The third-order valence-electron chi connectivity index (χ3n) is 3.05. The summed E-state index contributed by atoms with van der Waals surface area (Å²) in [5, 5.41) is 18.8. The van der Waals surface area contributed by atoms with Gasteiger partial charge in [0.15, 0.2) is 9.84 Å². The highest BCUT2D eigenvalue weighted by molar-refractivity contribution is 7.91. The first-order valence-electron chi connectivity index (χ1n) is 5.91. The predicted molar refractivity (Wildman–Crippen MR) is 68.9 cm³/mol. The molecular weight excluding hydrogens is 270 g/mol. The molecule has 7 heteroatoms. The SMILES string of the molecule is O=C(c1ccc(O)cc1O)N1CCCS(=O)(=O)CC1. The Kier molecular flexibility index (Phi) is 3.66. The molecule has 0 radical (unpaired) electrons. The number of carbonyl (C=O) groups is 1. The van der Waals surface area contributed by atoms with Gasteiger partial charge in [0.05, 0.1) is 17.1 Å². The summed E-state index contributed by atoms with van der Waals surface area (Å²) in [4.78, 5) is 13.6. The molecule has 104 valence electrons. The van der Waals surface area contributed by atoms with Gasteiger partial charge in [-0.3, -0.25) is 4.79 Å². The average molecular weight is 285 g/mol. The summed E-state index contributed by atoms with van der Waals surface area (Å²) < 4.78 is 22.9. The van der Waals surface area contributed by atoms with Crippen LogP contribution in [0.1, 0.15) is 16.8 Å². The number of benzene rings is 1. The van der Waals surface area contributed by atoms with E-state index in [1.807, 2.05) is 0 Å². The van der Waals surface area contributed by atoms with Crippen LogP contribution >= 0.6 is 0 Å². The predicted octanol–water partition coefficient (Wildman–Crippen LogP) is 0.358. The van der Waals surface area contributed by atoms with E-state index in [-0.39, 0.29) is 35.1 Å². The molecule has 2 rings (SSSR count). The fourth-order valence-corrected chi connectivity index (χ4v) is 3.28. The zero-order valence-electron chi connectivity index (χ0n) is 10.2. The van der Waals surface area contributed by atoms with Crippen LogP contribution < -0.4 is 0 Å². The van der Waals surface area contributed by atoms with E-state index in [4.69, 9.17) is 0 Å². The largest absolute Gasteiger partial charge is 0.508 e. The molecule has 0 saturated carbocycles. The highest BCUT2D eigenvalue weighted by atomic mass is 32.2. The van der Waals surface area contributed by atoms with E-state index in [1.54, 1.807) is 0 Å². The molecule has 0 aliphatic carbocycles. The van der Waals surface area contributed by atoms with Gasteiger partial charge in [0.25, 0.3) is 5.91 Å². The normalized spacial score (nSPS) is 18.8.